The van der Waals surface area contributed by atoms with Crippen molar-refractivity contribution in [3.63, 3.8) is 0 Å². The van der Waals surface area contributed by atoms with E-state index in [1.807, 2.05) is 0 Å². The van der Waals surface area contributed by atoms with Crippen LogP contribution in [0.4, 0.5) is 0 Å². The summed E-state index contributed by atoms with van der Waals surface area (Å²) in [6.07, 6.45) is 5.17. The highest BCUT2D eigenvalue weighted by molar-refractivity contribution is 5.87. The summed E-state index contributed by atoms with van der Waals surface area (Å²) in [7, 11) is 1.48. The maximum absolute atomic E-state index is 12.4. The molecule has 4 nitrogen and oxygen atoms in total. The largest absolute Gasteiger partial charge is 0.468 e. The van der Waals surface area contributed by atoms with Crippen LogP contribution in [-0.2, 0) is 21.5 Å². The molecule has 2 aliphatic rings. The molecule has 1 atom stereocenters. The van der Waals surface area contributed by atoms with Gasteiger partial charge in [0.05, 0.1) is 12.6 Å². The van der Waals surface area contributed by atoms with E-state index in [-0.39, 0.29) is 17.6 Å². The van der Waals surface area contributed by atoms with Crippen LogP contribution in [0.2, 0.25) is 0 Å². The molecule has 4 rings (SSSR count). The summed E-state index contributed by atoms with van der Waals surface area (Å²) in [6.45, 7) is 7.03. The topological polar surface area (TPSA) is 54.1 Å². The molecule has 2 N–H and O–H groups in total. The maximum Gasteiger partial charge on any atom is 0.323 e. The summed E-state index contributed by atoms with van der Waals surface area (Å²) in [6, 6.07) is 8.18. The Morgan fingerprint density at radius 3 is 2.54 bits per heavy atom. The van der Waals surface area contributed by atoms with E-state index in [4.69, 9.17) is 4.74 Å². The molecule has 0 amide bonds. The monoisotopic (exact) mass is 354 g/mol. The molecule has 1 aromatic carbocycles. The van der Waals surface area contributed by atoms with Crippen molar-refractivity contribution >= 4 is 16.9 Å². The van der Waals surface area contributed by atoms with Crippen molar-refractivity contribution in [2.24, 2.45) is 11.3 Å². The molecule has 0 bridgehead atoms. The van der Waals surface area contributed by atoms with Crippen molar-refractivity contribution in [3.05, 3.63) is 35.5 Å². The van der Waals surface area contributed by atoms with E-state index < -0.39 is 0 Å². The van der Waals surface area contributed by atoms with E-state index in [1.165, 1.54) is 42.1 Å². The van der Waals surface area contributed by atoms with Crippen molar-refractivity contribution in [1.82, 2.24) is 10.3 Å². The zero-order valence-corrected chi connectivity index (χ0v) is 16.3. The predicted octanol–water partition coefficient (Wildman–Crippen LogP) is 4.29. The van der Waals surface area contributed by atoms with Gasteiger partial charge in [-0.1, -0.05) is 39.0 Å². The van der Waals surface area contributed by atoms with Gasteiger partial charge in [0.15, 0.2) is 0 Å². The van der Waals surface area contributed by atoms with Gasteiger partial charge in [0.1, 0.15) is 6.04 Å². The second-order valence-corrected chi connectivity index (χ2v) is 9.17. The first-order valence-electron chi connectivity index (χ1n) is 9.80. The van der Waals surface area contributed by atoms with E-state index >= 15 is 0 Å². The zero-order chi connectivity index (χ0) is 18.5. The summed E-state index contributed by atoms with van der Waals surface area (Å²) in [5.74, 6) is 0.569. The molecule has 2 heterocycles. The van der Waals surface area contributed by atoms with Crippen LogP contribution < -0.4 is 5.32 Å². The Morgan fingerprint density at radius 2 is 1.88 bits per heavy atom. The number of carbonyl (C=O) groups excluding carboxylic acids is 1. The lowest BCUT2D eigenvalue weighted by atomic mass is 9.65. The maximum atomic E-state index is 12.4. The molecular weight excluding hydrogens is 324 g/mol. The van der Waals surface area contributed by atoms with E-state index in [0.717, 1.165) is 18.8 Å². The molecule has 1 saturated carbocycles. The molecule has 0 radical (unpaired) electrons. The Bertz CT molecular complexity index is 822. The van der Waals surface area contributed by atoms with Gasteiger partial charge in [0.2, 0.25) is 0 Å². The SMILES string of the molecule is COC(=O)[C@@H]1Cc2c([nH]c3ccccc23)C2(CCC(C(C)(C)C)CC2)N1. The van der Waals surface area contributed by atoms with Crippen molar-refractivity contribution in [2.75, 3.05) is 7.11 Å². The van der Waals surface area contributed by atoms with Crippen molar-refractivity contribution in [1.29, 1.82) is 0 Å². The fourth-order valence-electron chi connectivity index (χ4n) is 5.14. The molecule has 1 fully saturated rings. The fourth-order valence-corrected chi connectivity index (χ4v) is 5.14. The number of H-pyrrole nitrogens is 1. The van der Waals surface area contributed by atoms with Gasteiger partial charge in [0, 0.05) is 23.0 Å². The average molecular weight is 354 g/mol. The number of nitrogens with one attached hydrogen (secondary N) is 2. The molecule has 0 unspecified atom stereocenters. The fraction of sp³-hybridized carbons (Fsp3) is 0.591. The van der Waals surface area contributed by atoms with Crippen LogP contribution >= 0.6 is 0 Å². The quantitative estimate of drug-likeness (QED) is 0.751. The van der Waals surface area contributed by atoms with E-state index in [0.29, 0.717) is 11.8 Å². The van der Waals surface area contributed by atoms with Gasteiger partial charge in [-0.05, 0) is 48.6 Å². The molecule has 4 heteroatoms. The predicted molar refractivity (Wildman–Crippen MR) is 104 cm³/mol. The standard InChI is InChI=1S/C22H30N2O2/c1-21(2,3)14-9-11-22(12-10-14)19-16(13-18(24-22)20(25)26-4)15-7-5-6-8-17(15)23-19/h5-8,14,18,23-24H,9-13H2,1-4H3/t14?,18-,22?/m0/s1. The van der Waals surface area contributed by atoms with Crippen LogP contribution in [0.1, 0.15) is 57.7 Å². The third-order valence-electron chi connectivity index (χ3n) is 6.70. The van der Waals surface area contributed by atoms with Gasteiger partial charge in [-0.2, -0.15) is 0 Å². The van der Waals surface area contributed by atoms with Gasteiger partial charge < -0.3 is 9.72 Å². The minimum Gasteiger partial charge on any atom is -0.468 e. The summed E-state index contributed by atoms with van der Waals surface area (Å²) in [5, 5.41) is 4.95. The van der Waals surface area contributed by atoms with Gasteiger partial charge >= 0.3 is 5.97 Å². The highest BCUT2D eigenvalue weighted by Crippen LogP contribution is 2.48. The van der Waals surface area contributed by atoms with Crippen LogP contribution in [-0.4, -0.2) is 24.1 Å². The van der Waals surface area contributed by atoms with Crippen molar-refractivity contribution in [3.8, 4) is 0 Å². The first-order chi connectivity index (χ1) is 12.3. The first kappa shape index (κ1) is 17.6. The van der Waals surface area contributed by atoms with Crippen LogP contribution in [0.15, 0.2) is 24.3 Å². The Morgan fingerprint density at radius 1 is 1.19 bits per heavy atom. The molecule has 1 aromatic heterocycles. The second-order valence-electron chi connectivity index (χ2n) is 9.17. The Kier molecular flexibility index (Phi) is 4.14. The lowest BCUT2D eigenvalue weighted by molar-refractivity contribution is -0.144. The number of ether oxygens (including phenoxy) is 1. The normalized spacial score (nSPS) is 28.9. The van der Waals surface area contributed by atoms with Gasteiger partial charge in [-0.25, -0.2) is 0 Å². The van der Waals surface area contributed by atoms with Crippen LogP contribution in [0.5, 0.6) is 0 Å². The number of hydrogen-bond donors (Lipinski definition) is 2. The number of methoxy groups -OCH3 is 1. The van der Waals surface area contributed by atoms with E-state index in [9.17, 15) is 4.79 Å². The molecular formula is C22H30N2O2. The summed E-state index contributed by atoms with van der Waals surface area (Å²) in [4.78, 5) is 16.1. The number of aromatic amines is 1. The van der Waals surface area contributed by atoms with Crippen LogP contribution in [0, 0.1) is 11.3 Å². The third kappa shape index (κ3) is 2.75. The van der Waals surface area contributed by atoms with Crippen molar-refractivity contribution in [2.45, 2.75) is 64.5 Å². The molecule has 1 aliphatic carbocycles. The number of fused-ring (bicyclic) bond motifs is 4. The molecule has 2 aromatic rings. The summed E-state index contributed by atoms with van der Waals surface area (Å²) >= 11 is 0. The highest BCUT2D eigenvalue weighted by Gasteiger charge is 2.47. The van der Waals surface area contributed by atoms with Crippen molar-refractivity contribution < 1.29 is 9.53 Å². The third-order valence-corrected chi connectivity index (χ3v) is 6.70. The lowest BCUT2D eigenvalue weighted by Gasteiger charge is -2.48. The van der Waals surface area contributed by atoms with E-state index in [1.54, 1.807) is 0 Å². The first-order valence-corrected chi connectivity index (χ1v) is 9.80. The Labute approximate surface area is 155 Å². The number of benzene rings is 1. The number of esters is 1. The molecule has 26 heavy (non-hydrogen) atoms. The van der Waals surface area contributed by atoms with Crippen LogP contribution in [0.25, 0.3) is 10.9 Å². The summed E-state index contributed by atoms with van der Waals surface area (Å²) < 4.78 is 5.09. The Hall–Kier alpha value is -1.81. The average Bonchev–Trinajstić information content (AvgIpc) is 3.00. The number of carbonyl (C=O) groups is 1. The smallest absolute Gasteiger partial charge is 0.323 e. The zero-order valence-electron chi connectivity index (χ0n) is 16.3. The lowest BCUT2D eigenvalue weighted by Crippen LogP contribution is -2.57. The highest BCUT2D eigenvalue weighted by atomic mass is 16.5. The molecule has 0 saturated heterocycles. The minimum absolute atomic E-state index is 0.146. The van der Waals surface area contributed by atoms with Gasteiger partial charge in [-0.15, -0.1) is 0 Å². The number of hydrogen-bond acceptors (Lipinski definition) is 3. The molecule has 140 valence electrons. The van der Waals surface area contributed by atoms with E-state index in [2.05, 4.69) is 55.3 Å². The molecule has 1 spiro atoms. The minimum atomic E-state index is -0.266. The van der Waals surface area contributed by atoms with Gasteiger partial charge in [-0.3, -0.25) is 10.1 Å². The molecule has 1 aliphatic heterocycles. The van der Waals surface area contributed by atoms with Crippen LogP contribution in [0.3, 0.4) is 0 Å². The second kappa shape index (κ2) is 6.12. The Balaban J connectivity index is 1.76. The van der Waals surface area contributed by atoms with Gasteiger partial charge in [0.25, 0.3) is 0 Å². The number of rotatable bonds is 1. The number of para-hydroxylation sites is 1. The summed E-state index contributed by atoms with van der Waals surface area (Å²) in [5.41, 5.74) is 3.95. The number of aromatic nitrogens is 1.